The van der Waals surface area contributed by atoms with Crippen LogP contribution in [0.15, 0.2) is 41.3 Å². The number of carbonyl (C=O) groups is 1. The first-order chi connectivity index (χ1) is 15.3. The van der Waals surface area contributed by atoms with E-state index in [1.54, 1.807) is 6.92 Å². The number of carbonyl (C=O) groups excluding carboxylic acids is 1. The molecule has 2 aromatic carbocycles. The van der Waals surface area contributed by atoms with Crippen molar-refractivity contribution in [2.75, 3.05) is 25.0 Å². The van der Waals surface area contributed by atoms with Gasteiger partial charge in [0.25, 0.3) is 5.91 Å². The number of hydrogen-bond donors (Lipinski definition) is 1. The summed E-state index contributed by atoms with van der Waals surface area (Å²) in [6.45, 7) is 3.09. The van der Waals surface area contributed by atoms with Gasteiger partial charge in [-0.05, 0) is 56.2 Å². The molecule has 1 aliphatic heterocycles. The Bertz CT molecular complexity index is 1270. The van der Waals surface area contributed by atoms with Crippen molar-refractivity contribution >= 4 is 54.6 Å². The van der Waals surface area contributed by atoms with Crippen molar-refractivity contribution in [3.63, 3.8) is 0 Å². The van der Waals surface area contributed by atoms with E-state index in [0.717, 1.165) is 30.6 Å². The number of fused-ring (bicyclic) bond motifs is 1. The minimum atomic E-state index is -3.69. The van der Waals surface area contributed by atoms with E-state index in [1.807, 2.05) is 0 Å². The number of sulfonamides is 1. The molecule has 1 aromatic heterocycles. The molecule has 1 fully saturated rings. The molecule has 0 spiro atoms. The molecule has 0 saturated carbocycles. The van der Waals surface area contributed by atoms with E-state index in [4.69, 9.17) is 16.3 Å². The number of nitrogens with zero attached hydrogens (tertiary/aromatic N) is 1. The van der Waals surface area contributed by atoms with Gasteiger partial charge in [0.15, 0.2) is 0 Å². The Balaban J connectivity index is 1.68. The second-order valence-electron chi connectivity index (χ2n) is 7.40. The molecule has 3 aromatic rings. The molecule has 0 radical (unpaired) electrons. The monoisotopic (exact) mass is 496 g/mol. The first-order valence-electron chi connectivity index (χ1n) is 10.3. The third-order valence-corrected chi connectivity index (χ3v) is 8.80. The fourth-order valence-electron chi connectivity index (χ4n) is 3.67. The van der Waals surface area contributed by atoms with Crippen molar-refractivity contribution in [3.05, 3.63) is 52.1 Å². The Labute approximate surface area is 195 Å². The molecule has 0 aliphatic carbocycles. The highest BCUT2D eigenvalue weighted by molar-refractivity contribution is 7.89. The third kappa shape index (κ3) is 4.47. The standard InChI is InChI=1S/C22H22ClFN2O4S2/c1-2-30-18-9-7-15(32(28,29)26-10-4-3-5-11-26)13-17(18)25-22(27)21-20(23)16-8-6-14(24)12-19(16)31-21/h6-9,12-13H,2-5,10-11H2,1H3,(H,25,27). The lowest BCUT2D eigenvalue weighted by molar-refractivity contribution is 0.103. The van der Waals surface area contributed by atoms with Crippen molar-refractivity contribution in [1.29, 1.82) is 0 Å². The largest absolute Gasteiger partial charge is 0.492 e. The topological polar surface area (TPSA) is 75.7 Å². The Morgan fingerprint density at radius 1 is 1.19 bits per heavy atom. The van der Waals surface area contributed by atoms with E-state index in [-0.39, 0.29) is 20.5 Å². The molecule has 0 atom stereocenters. The number of piperidine rings is 1. The smallest absolute Gasteiger partial charge is 0.267 e. The summed E-state index contributed by atoms with van der Waals surface area (Å²) in [6, 6.07) is 8.56. The lowest BCUT2D eigenvalue weighted by Crippen LogP contribution is -2.35. The second kappa shape index (κ2) is 9.35. The SMILES string of the molecule is CCOc1ccc(S(=O)(=O)N2CCCCC2)cc1NC(=O)c1sc2cc(F)ccc2c1Cl. The van der Waals surface area contributed by atoms with Crippen LogP contribution in [0.5, 0.6) is 5.75 Å². The summed E-state index contributed by atoms with van der Waals surface area (Å²) < 4.78 is 47.3. The zero-order chi connectivity index (χ0) is 22.9. The van der Waals surface area contributed by atoms with Crippen molar-refractivity contribution in [2.45, 2.75) is 31.1 Å². The molecule has 2 heterocycles. The molecule has 1 aliphatic rings. The molecule has 4 rings (SSSR count). The van der Waals surface area contributed by atoms with Crippen LogP contribution < -0.4 is 10.1 Å². The van der Waals surface area contributed by atoms with E-state index < -0.39 is 21.7 Å². The Kier molecular flexibility index (Phi) is 6.71. The molecule has 170 valence electrons. The van der Waals surface area contributed by atoms with Crippen LogP contribution in [0, 0.1) is 5.82 Å². The average molecular weight is 497 g/mol. The molecule has 0 unspecified atom stereocenters. The minimum Gasteiger partial charge on any atom is -0.492 e. The van der Waals surface area contributed by atoms with Crippen molar-refractivity contribution in [3.8, 4) is 5.75 Å². The predicted octanol–water partition coefficient (Wildman–Crippen LogP) is 5.52. The van der Waals surface area contributed by atoms with Gasteiger partial charge < -0.3 is 10.1 Å². The maximum Gasteiger partial charge on any atom is 0.267 e. The average Bonchev–Trinajstić information content (AvgIpc) is 3.11. The minimum absolute atomic E-state index is 0.0858. The van der Waals surface area contributed by atoms with Gasteiger partial charge in [-0.2, -0.15) is 4.31 Å². The number of benzene rings is 2. The highest BCUT2D eigenvalue weighted by Crippen LogP contribution is 2.37. The second-order valence-corrected chi connectivity index (χ2v) is 10.8. The van der Waals surface area contributed by atoms with E-state index in [0.29, 0.717) is 35.5 Å². The van der Waals surface area contributed by atoms with Crippen LogP contribution in [0.2, 0.25) is 5.02 Å². The summed E-state index contributed by atoms with van der Waals surface area (Å²) in [4.78, 5) is 13.3. The highest BCUT2D eigenvalue weighted by atomic mass is 35.5. The van der Waals surface area contributed by atoms with E-state index in [2.05, 4.69) is 5.32 Å². The van der Waals surface area contributed by atoms with Crippen LogP contribution in [0.25, 0.3) is 10.1 Å². The molecule has 0 bridgehead atoms. The molecule has 32 heavy (non-hydrogen) atoms. The number of halogens is 2. The van der Waals surface area contributed by atoms with E-state index in [9.17, 15) is 17.6 Å². The number of hydrogen-bond acceptors (Lipinski definition) is 5. The van der Waals surface area contributed by atoms with Crippen molar-refractivity contribution in [1.82, 2.24) is 4.31 Å². The van der Waals surface area contributed by atoms with Crippen LogP contribution in [0.3, 0.4) is 0 Å². The highest BCUT2D eigenvalue weighted by Gasteiger charge is 2.27. The fourth-order valence-corrected chi connectivity index (χ4v) is 6.65. The summed E-state index contributed by atoms with van der Waals surface area (Å²) in [7, 11) is -3.69. The van der Waals surface area contributed by atoms with Gasteiger partial charge >= 0.3 is 0 Å². The van der Waals surface area contributed by atoms with Crippen LogP contribution in [-0.4, -0.2) is 38.3 Å². The molecular formula is C22H22ClFN2O4S2. The Morgan fingerprint density at radius 2 is 1.94 bits per heavy atom. The molecular weight excluding hydrogens is 475 g/mol. The van der Waals surface area contributed by atoms with Gasteiger partial charge in [-0.15, -0.1) is 11.3 Å². The number of thiophene rings is 1. The van der Waals surface area contributed by atoms with Crippen LogP contribution >= 0.6 is 22.9 Å². The molecule has 1 N–H and O–H groups in total. The molecule has 1 saturated heterocycles. The zero-order valence-corrected chi connectivity index (χ0v) is 19.7. The quantitative estimate of drug-likeness (QED) is 0.487. The summed E-state index contributed by atoms with van der Waals surface area (Å²) >= 11 is 7.44. The summed E-state index contributed by atoms with van der Waals surface area (Å²) in [6.07, 6.45) is 2.66. The number of anilines is 1. The summed E-state index contributed by atoms with van der Waals surface area (Å²) in [5.74, 6) is -0.594. The lowest BCUT2D eigenvalue weighted by Gasteiger charge is -2.26. The molecule has 6 nitrogen and oxygen atoms in total. The molecule has 10 heteroatoms. The number of rotatable bonds is 6. The zero-order valence-electron chi connectivity index (χ0n) is 17.4. The Morgan fingerprint density at radius 3 is 2.66 bits per heavy atom. The van der Waals surface area contributed by atoms with Crippen LogP contribution in [-0.2, 0) is 10.0 Å². The van der Waals surface area contributed by atoms with Gasteiger partial charge in [-0.25, -0.2) is 12.8 Å². The number of ether oxygens (including phenoxy) is 1. The van der Waals surface area contributed by atoms with Crippen molar-refractivity contribution < 1.29 is 22.3 Å². The van der Waals surface area contributed by atoms with E-state index in [1.165, 1.54) is 40.7 Å². The normalized spacial score (nSPS) is 15.1. The first-order valence-corrected chi connectivity index (χ1v) is 12.9. The summed E-state index contributed by atoms with van der Waals surface area (Å²) in [5.41, 5.74) is 0.231. The van der Waals surface area contributed by atoms with E-state index >= 15 is 0 Å². The van der Waals surface area contributed by atoms with Crippen molar-refractivity contribution in [2.24, 2.45) is 0 Å². The molecule has 1 amide bonds. The maximum absolute atomic E-state index is 13.6. The Hall–Kier alpha value is -2.20. The van der Waals surface area contributed by atoms with Gasteiger partial charge in [0.1, 0.15) is 16.4 Å². The van der Waals surface area contributed by atoms with Crippen LogP contribution in [0.4, 0.5) is 10.1 Å². The first kappa shape index (κ1) is 23.0. The van der Waals surface area contributed by atoms with Gasteiger partial charge in [-0.3, -0.25) is 4.79 Å². The predicted molar refractivity (Wildman–Crippen MR) is 125 cm³/mol. The van der Waals surface area contributed by atoms with Gasteiger partial charge in [0, 0.05) is 23.2 Å². The van der Waals surface area contributed by atoms with Gasteiger partial charge in [0.05, 0.1) is 22.2 Å². The van der Waals surface area contributed by atoms with Gasteiger partial charge in [-0.1, -0.05) is 18.0 Å². The number of nitrogens with one attached hydrogen (secondary N) is 1. The number of amides is 1. The summed E-state index contributed by atoms with van der Waals surface area (Å²) in [5, 5.41) is 3.53. The fraction of sp³-hybridized carbons (Fsp3) is 0.318. The maximum atomic E-state index is 13.6. The third-order valence-electron chi connectivity index (χ3n) is 5.25. The lowest BCUT2D eigenvalue weighted by atomic mass is 10.2. The van der Waals surface area contributed by atoms with Gasteiger partial charge in [0.2, 0.25) is 10.0 Å². The van der Waals surface area contributed by atoms with Crippen LogP contribution in [0.1, 0.15) is 35.9 Å².